The van der Waals surface area contributed by atoms with Crippen LogP contribution in [0.1, 0.15) is 26.2 Å². The minimum atomic E-state index is -0.00357. The molecule has 0 bridgehead atoms. The zero-order valence-corrected chi connectivity index (χ0v) is 8.25. The van der Waals surface area contributed by atoms with Gasteiger partial charge in [-0.25, -0.2) is 5.84 Å². The summed E-state index contributed by atoms with van der Waals surface area (Å²) in [5.74, 6) is 5.22. The topological polar surface area (TPSA) is 58.4 Å². The Morgan fingerprint density at radius 3 is 2.62 bits per heavy atom. The van der Waals surface area contributed by atoms with Gasteiger partial charge in [0.1, 0.15) is 0 Å². The smallest absolute Gasteiger partial charge is 0.237 e. The van der Waals surface area contributed by atoms with E-state index in [1.807, 2.05) is 0 Å². The molecule has 0 aromatic rings. The molecule has 1 rings (SSSR count). The van der Waals surface area contributed by atoms with Gasteiger partial charge in [-0.15, -0.1) is 0 Å². The fraction of sp³-hybridized carbons (Fsp3) is 0.889. The van der Waals surface area contributed by atoms with Crippen LogP contribution in [0.25, 0.3) is 0 Å². The van der Waals surface area contributed by atoms with Gasteiger partial charge >= 0.3 is 0 Å². The van der Waals surface area contributed by atoms with Crippen LogP contribution in [0.2, 0.25) is 0 Å². The van der Waals surface area contributed by atoms with Crippen LogP contribution in [0.5, 0.6) is 0 Å². The SMILES string of the molecule is CCCN1CCC(C(=O)NN)CC1. The maximum atomic E-state index is 11.2. The highest BCUT2D eigenvalue weighted by atomic mass is 16.2. The lowest BCUT2D eigenvalue weighted by atomic mass is 9.96. The molecular formula is C9H19N3O. The van der Waals surface area contributed by atoms with E-state index in [0.29, 0.717) is 0 Å². The van der Waals surface area contributed by atoms with Gasteiger partial charge in [-0.05, 0) is 38.9 Å². The van der Waals surface area contributed by atoms with Gasteiger partial charge in [0.25, 0.3) is 0 Å². The fourth-order valence-electron chi connectivity index (χ4n) is 1.85. The first kappa shape index (κ1) is 10.5. The molecule has 1 saturated heterocycles. The number of likely N-dealkylation sites (tertiary alicyclic amines) is 1. The highest BCUT2D eigenvalue weighted by Gasteiger charge is 2.23. The van der Waals surface area contributed by atoms with Crippen molar-refractivity contribution in [1.29, 1.82) is 0 Å². The molecule has 0 unspecified atom stereocenters. The minimum Gasteiger partial charge on any atom is -0.303 e. The first-order valence-corrected chi connectivity index (χ1v) is 5.00. The van der Waals surface area contributed by atoms with Gasteiger partial charge in [-0.2, -0.15) is 0 Å². The van der Waals surface area contributed by atoms with Crippen LogP contribution in [0, 0.1) is 5.92 Å². The molecule has 0 aromatic carbocycles. The Kier molecular flexibility index (Phi) is 4.18. The molecule has 1 fully saturated rings. The third-order valence-electron chi connectivity index (χ3n) is 2.64. The van der Waals surface area contributed by atoms with Crippen molar-refractivity contribution in [3.05, 3.63) is 0 Å². The second kappa shape index (κ2) is 5.19. The highest BCUT2D eigenvalue weighted by molar-refractivity contribution is 5.78. The maximum absolute atomic E-state index is 11.2. The predicted octanol–water partition coefficient (Wildman–Crippen LogP) is 0.0983. The number of piperidine rings is 1. The second-order valence-electron chi connectivity index (χ2n) is 3.62. The van der Waals surface area contributed by atoms with Gasteiger partial charge in [0, 0.05) is 5.92 Å². The van der Waals surface area contributed by atoms with Crippen LogP contribution in [0.3, 0.4) is 0 Å². The van der Waals surface area contributed by atoms with Crippen LogP contribution >= 0.6 is 0 Å². The van der Waals surface area contributed by atoms with Crippen LogP contribution in [-0.4, -0.2) is 30.4 Å². The highest BCUT2D eigenvalue weighted by Crippen LogP contribution is 2.16. The van der Waals surface area contributed by atoms with E-state index in [1.54, 1.807) is 0 Å². The monoisotopic (exact) mass is 185 g/mol. The molecular weight excluding hydrogens is 166 g/mol. The summed E-state index contributed by atoms with van der Waals surface area (Å²) in [6.07, 6.45) is 3.08. The largest absolute Gasteiger partial charge is 0.303 e. The first-order valence-electron chi connectivity index (χ1n) is 5.00. The number of nitrogens with one attached hydrogen (secondary N) is 1. The molecule has 0 aromatic heterocycles. The number of hydrogen-bond donors (Lipinski definition) is 2. The summed E-state index contributed by atoms with van der Waals surface area (Å²) in [6.45, 7) is 5.40. The van der Waals surface area contributed by atoms with Crippen LogP contribution in [-0.2, 0) is 4.79 Å². The van der Waals surface area contributed by atoms with Gasteiger partial charge in [0.2, 0.25) is 5.91 Å². The standard InChI is InChI=1S/C9H19N3O/c1-2-5-12-6-3-8(4-7-12)9(13)11-10/h8H,2-7,10H2,1H3,(H,11,13). The molecule has 0 spiro atoms. The lowest BCUT2D eigenvalue weighted by Gasteiger charge is -2.30. The van der Waals surface area contributed by atoms with Crippen LogP contribution in [0.15, 0.2) is 0 Å². The zero-order chi connectivity index (χ0) is 9.68. The summed E-state index contributed by atoms with van der Waals surface area (Å²) < 4.78 is 0. The van der Waals surface area contributed by atoms with Crippen LogP contribution < -0.4 is 11.3 Å². The van der Waals surface area contributed by atoms with Crippen molar-refractivity contribution < 1.29 is 4.79 Å². The van der Waals surface area contributed by atoms with E-state index in [4.69, 9.17) is 5.84 Å². The molecule has 1 amide bonds. The van der Waals surface area contributed by atoms with E-state index >= 15 is 0 Å². The molecule has 0 atom stereocenters. The van der Waals surface area contributed by atoms with E-state index in [1.165, 1.54) is 6.42 Å². The second-order valence-corrected chi connectivity index (χ2v) is 3.62. The van der Waals surface area contributed by atoms with Crippen molar-refractivity contribution in [1.82, 2.24) is 10.3 Å². The molecule has 0 saturated carbocycles. The Hall–Kier alpha value is -0.610. The third-order valence-corrected chi connectivity index (χ3v) is 2.64. The Morgan fingerprint density at radius 2 is 2.15 bits per heavy atom. The minimum absolute atomic E-state index is 0.00357. The Morgan fingerprint density at radius 1 is 1.54 bits per heavy atom. The molecule has 76 valence electrons. The molecule has 1 aliphatic heterocycles. The maximum Gasteiger partial charge on any atom is 0.237 e. The summed E-state index contributed by atoms with van der Waals surface area (Å²) >= 11 is 0. The number of amides is 1. The summed E-state index contributed by atoms with van der Waals surface area (Å²) in [6, 6.07) is 0. The lowest BCUT2D eigenvalue weighted by Crippen LogP contribution is -2.42. The number of nitrogens with two attached hydrogens (primary N) is 1. The van der Waals surface area contributed by atoms with Gasteiger partial charge in [-0.1, -0.05) is 6.92 Å². The number of hydrazine groups is 1. The molecule has 4 heteroatoms. The Labute approximate surface area is 79.4 Å². The van der Waals surface area contributed by atoms with Crippen molar-refractivity contribution in [2.24, 2.45) is 11.8 Å². The third kappa shape index (κ3) is 2.97. The van der Waals surface area contributed by atoms with Crippen LogP contribution in [0.4, 0.5) is 0 Å². The summed E-state index contributed by atoms with van der Waals surface area (Å²) in [5, 5.41) is 0. The molecule has 1 aliphatic rings. The van der Waals surface area contributed by atoms with Gasteiger partial charge in [0.05, 0.1) is 0 Å². The molecule has 0 radical (unpaired) electrons. The van der Waals surface area contributed by atoms with Crippen molar-refractivity contribution >= 4 is 5.91 Å². The van der Waals surface area contributed by atoms with E-state index < -0.39 is 0 Å². The average Bonchev–Trinajstić information content (AvgIpc) is 2.18. The van der Waals surface area contributed by atoms with Crippen molar-refractivity contribution in [2.45, 2.75) is 26.2 Å². The van der Waals surface area contributed by atoms with Gasteiger partial charge in [0.15, 0.2) is 0 Å². The molecule has 4 nitrogen and oxygen atoms in total. The lowest BCUT2D eigenvalue weighted by molar-refractivity contribution is -0.126. The predicted molar refractivity (Wildman–Crippen MR) is 51.8 cm³/mol. The molecule has 13 heavy (non-hydrogen) atoms. The molecule has 0 aliphatic carbocycles. The molecule has 3 N–H and O–H groups in total. The number of rotatable bonds is 3. The van der Waals surface area contributed by atoms with Crippen molar-refractivity contribution in [3.63, 3.8) is 0 Å². The van der Waals surface area contributed by atoms with Crippen molar-refractivity contribution in [2.75, 3.05) is 19.6 Å². The number of carbonyl (C=O) groups excluding carboxylic acids is 1. The Bertz CT molecular complexity index is 164. The number of hydrogen-bond acceptors (Lipinski definition) is 3. The van der Waals surface area contributed by atoms with E-state index in [0.717, 1.165) is 32.5 Å². The summed E-state index contributed by atoms with van der Waals surface area (Å²) in [5.41, 5.74) is 2.22. The number of carbonyl (C=O) groups is 1. The fourth-order valence-corrected chi connectivity index (χ4v) is 1.85. The van der Waals surface area contributed by atoms with E-state index in [9.17, 15) is 4.79 Å². The Balaban J connectivity index is 2.26. The zero-order valence-electron chi connectivity index (χ0n) is 8.25. The van der Waals surface area contributed by atoms with Gasteiger partial charge in [-0.3, -0.25) is 10.2 Å². The van der Waals surface area contributed by atoms with Gasteiger partial charge < -0.3 is 4.90 Å². The van der Waals surface area contributed by atoms with E-state index in [-0.39, 0.29) is 11.8 Å². The van der Waals surface area contributed by atoms with E-state index in [2.05, 4.69) is 17.2 Å². The summed E-state index contributed by atoms with van der Waals surface area (Å²) in [7, 11) is 0. The first-order chi connectivity index (χ1) is 6.27. The average molecular weight is 185 g/mol. The van der Waals surface area contributed by atoms with Crippen molar-refractivity contribution in [3.8, 4) is 0 Å². The molecule has 1 heterocycles. The number of nitrogens with zero attached hydrogens (tertiary/aromatic N) is 1. The quantitative estimate of drug-likeness (QED) is 0.372. The normalized spacial score (nSPS) is 20.2. The summed E-state index contributed by atoms with van der Waals surface area (Å²) in [4.78, 5) is 13.6.